The predicted molar refractivity (Wildman–Crippen MR) is 61.6 cm³/mol. The van der Waals surface area contributed by atoms with Crippen molar-refractivity contribution in [1.82, 2.24) is 10.6 Å². The van der Waals surface area contributed by atoms with Gasteiger partial charge in [0.05, 0.1) is 5.25 Å². The molecule has 1 heterocycles. The van der Waals surface area contributed by atoms with Crippen LogP contribution in [0.25, 0.3) is 0 Å². The maximum absolute atomic E-state index is 11.6. The zero-order valence-corrected chi connectivity index (χ0v) is 9.81. The van der Waals surface area contributed by atoms with Crippen LogP contribution in [0, 0.1) is 5.92 Å². The van der Waals surface area contributed by atoms with Crippen LogP contribution in [0.3, 0.4) is 0 Å². The summed E-state index contributed by atoms with van der Waals surface area (Å²) in [6, 6.07) is 0.345. The van der Waals surface area contributed by atoms with Gasteiger partial charge in [0.25, 0.3) is 0 Å². The van der Waals surface area contributed by atoms with Crippen molar-refractivity contribution in [3.63, 3.8) is 0 Å². The van der Waals surface area contributed by atoms with E-state index in [9.17, 15) is 4.79 Å². The van der Waals surface area contributed by atoms with Gasteiger partial charge in [-0.15, -0.1) is 0 Å². The summed E-state index contributed by atoms with van der Waals surface area (Å²) in [5.41, 5.74) is 0. The Hall–Kier alpha value is -0.220. The zero-order chi connectivity index (χ0) is 10.6. The van der Waals surface area contributed by atoms with Crippen LogP contribution in [-0.4, -0.2) is 30.3 Å². The van der Waals surface area contributed by atoms with Crippen LogP contribution in [0.4, 0.5) is 0 Å². The molecule has 0 aromatic rings. The molecule has 1 aliphatic heterocycles. The van der Waals surface area contributed by atoms with Gasteiger partial charge < -0.3 is 10.6 Å². The number of nitrogens with one attached hydrogen (secondary N) is 2. The molecule has 82 valence electrons. The van der Waals surface area contributed by atoms with Crippen molar-refractivity contribution in [2.45, 2.75) is 38.0 Å². The van der Waals surface area contributed by atoms with E-state index in [1.165, 1.54) is 0 Å². The molecule has 1 fully saturated rings. The first-order chi connectivity index (χ1) is 6.61. The molecule has 2 N–H and O–H groups in total. The van der Waals surface area contributed by atoms with Crippen molar-refractivity contribution in [3.05, 3.63) is 0 Å². The topological polar surface area (TPSA) is 41.1 Å². The molecule has 1 aliphatic rings. The largest absolute Gasteiger partial charge is 0.352 e. The van der Waals surface area contributed by atoms with Crippen molar-refractivity contribution >= 4 is 18.5 Å². The quantitative estimate of drug-likeness (QED) is 0.611. The van der Waals surface area contributed by atoms with E-state index in [1.54, 1.807) is 0 Å². The highest BCUT2D eigenvalue weighted by atomic mass is 32.1. The molecule has 1 rings (SSSR count). The minimum absolute atomic E-state index is 0.0789. The number of thiol groups is 1. The van der Waals surface area contributed by atoms with E-state index in [2.05, 4.69) is 23.3 Å². The number of amides is 1. The van der Waals surface area contributed by atoms with Crippen LogP contribution in [0.15, 0.2) is 0 Å². The number of hydrogen-bond donors (Lipinski definition) is 3. The Bertz CT molecular complexity index is 191. The Morgan fingerprint density at radius 3 is 2.50 bits per heavy atom. The van der Waals surface area contributed by atoms with Crippen LogP contribution in [0.5, 0.6) is 0 Å². The van der Waals surface area contributed by atoms with E-state index in [4.69, 9.17) is 0 Å². The van der Waals surface area contributed by atoms with E-state index in [0.717, 1.165) is 25.9 Å². The van der Waals surface area contributed by atoms with E-state index < -0.39 is 0 Å². The van der Waals surface area contributed by atoms with Gasteiger partial charge in [0.2, 0.25) is 5.91 Å². The second-order valence-corrected chi connectivity index (χ2v) is 4.78. The van der Waals surface area contributed by atoms with Crippen LogP contribution < -0.4 is 10.6 Å². The molecule has 1 atom stereocenters. The Labute approximate surface area is 91.4 Å². The lowest BCUT2D eigenvalue weighted by Crippen LogP contribution is -2.46. The Balaban J connectivity index is 2.31. The van der Waals surface area contributed by atoms with E-state index >= 15 is 0 Å². The van der Waals surface area contributed by atoms with Gasteiger partial charge >= 0.3 is 0 Å². The Morgan fingerprint density at radius 2 is 2.00 bits per heavy atom. The molecule has 1 amide bonds. The van der Waals surface area contributed by atoms with Crippen molar-refractivity contribution in [2.24, 2.45) is 5.92 Å². The molecular weight excluding hydrogens is 196 g/mol. The molecule has 0 aliphatic carbocycles. The third kappa shape index (κ3) is 3.50. The monoisotopic (exact) mass is 216 g/mol. The predicted octanol–water partition coefficient (Wildman–Crippen LogP) is 0.809. The van der Waals surface area contributed by atoms with E-state index in [1.807, 2.05) is 13.8 Å². The molecule has 4 heteroatoms. The minimum Gasteiger partial charge on any atom is -0.352 e. The SMILES string of the molecule is CC(C)C(S)C(=O)NC1CCNCC1. The third-order valence-corrected chi connectivity index (χ3v) is 3.42. The third-order valence-electron chi connectivity index (χ3n) is 2.59. The first kappa shape index (κ1) is 11.9. The Kier molecular flexibility index (Phi) is 4.75. The lowest BCUT2D eigenvalue weighted by atomic mass is 10.1. The molecule has 1 saturated heterocycles. The summed E-state index contributed by atoms with van der Waals surface area (Å²) in [6.07, 6.45) is 2.06. The first-order valence-electron chi connectivity index (χ1n) is 5.30. The summed E-state index contributed by atoms with van der Waals surface area (Å²) >= 11 is 4.29. The van der Waals surface area contributed by atoms with Crippen molar-refractivity contribution < 1.29 is 4.79 Å². The van der Waals surface area contributed by atoms with Gasteiger partial charge in [0.1, 0.15) is 0 Å². The summed E-state index contributed by atoms with van der Waals surface area (Å²) < 4.78 is 0. The lowest BCUT2D eigenvalue weighted by molar-refractivity contribution is -0.122. The Morgan fingerprint density at radius 1 is 1.43 bits per heavy atom. The second-order valence-electron chi connectivity index (χ2n) is 4.22. The standard InChI is InChI=1S/C10H20N2OS/c1-7(2)9(14)10(13)12-8-3-5-11-6-4-8/h7-9,11,14H,3-6H2,1-2H3,(H,12,13). The molecule has 3 nitrogen and oxygen atoms in total. The normalized spacial score (nSPS) is 20.9. The molecule has 14 heavy (non-hydrogen) atoms. The number of hydrogen-bond acceptors (Lipinski definition) is 3. The van der Waals surface area contributed by atoms with Crippen LogP contribution in [-0.2, 0) is 4.79 Å². The van der Waals surface area contributed by atoms with Gasteiger partial charge in [-0.1, -0.05) is 13.8 Å². The summed E-state index contributed by atoms with van der Waals surface area (Å²) in [6.45, 7) is 6.03. The molecule has 1 unspecified atom stereocenters. The number of carbonyl (C=O) groups is 1. The second kappa shape index (κ2) is 5.61. The van der Waals surface area contributed by atoms with E-state index in [0.29, 0.717) is 12.0 Å². The fourth-order valence-electron chi connectivity index (χ4n) is 1.56. The highest BCUT2D eigenvalue weighted by molar-refractivity contribution is 7.81. The number of carbonyl (C=O) groups excluding carboxylic acids is 1. The smallest absolute Gasteiger partial charge is 0.233 e. The van der Waals surface area contributed by atoms with Crippen LogP contribution >= 0.6 is 12.6 Å². The summed E-state index contributed by atoms with van der Waals surface area (Å²) in [5, 5.41) is 6.14. The molecule has 0 radical (unpaired) electrons. The highest BCUT2D eigenvalue weighted by Crippen LogP contribution is 2.10. The number of piperidine rings is 1. The molecule has 0 bridgehead atoms. The summed E-state index contributed by atoms with van der Waals surface area (Å²) in [5.74, 6) is 0.371. The van der Waals surface area contributed by atoms with Gasteiger partial charge in [0.15, 0.2) is 0 Å². The summed E-state index contributed by atoms with van der Waals surface area (Å²) in [7, 11) is 0. The van der Waals surface area contributed by atoms with Crippen molar-refractivity contribution in [2.75, 3.05) is 13.1 Å². The zero-order valence-electron chi connectivity index (χ0n) is 8.92. The van der Waals surface area contributed by atoms with Crippen molar-refractivity contribution in [1.29, 1.82) is 0 Å². The lowest BCUT2D eigenvalue weighted by Gasteiger charge is -2.25. The molecule has 0 aromatic carbocycles. The highest BCUT2D eigenvalue weighted by Gasteiger charge is 2.21. The molecule has 0 aromatic heterocycles. The first-order valence-corrected chi connectivity index (χ1v) is 5.82. The summed E-state index contributed by atoms with van der Waals surface area (Å²) in [4.78, 5) is 11.6. The van der Waals surface area contributed by atoms with Gasteiger partial charge in [-0.2, -0.15) is 12.6 Å². The average molecular weight is 216 g/mol. The van der Waals surface area contributed by atoms with Gasteiger partial charge in [0, 0.05) is 6.04 Å². The fourth-order valence-corrected chi connectivity index (χ4v) is 1.63. The van der Waals surface area contributed by atoms with Gasteiger partial charge in [-0.3, -0.25) is 4.79 Å². The van der Waals surface area contributed by atoms with Crippen LogP contribution in [0.2, 0.25) is 0 Å². The maximum atomic E-state index is 11.6. The van der Waals surface area contributed by atoms with E-state index in [-0.39, 0.29) is 11.2 Å². The van der Waals surface area contributed by atoms with Crippen molar-refractivity contribution in [3.8, 4) is 0 Å². The number of rotatable bonds is 3. The maximum Gasteiger partial charge on any atom is 0.233 e. The van der Waals surface area contributed by atoms with Crippen LogP contribution in [0.1, 0.15) is 26.7 Å². The average Bonchev–Trinajstić information content (AvgIpc) is 2.18. The molecule has 0 spiro atoms. The van der Waals surface area contributed by atoms with Gasteiger partial charge in [-0.25, -0.2) is 0 Å². The fraction of sp³-hybridized carbons (Fsp3) is 0.900. The van der Waals surface area contributed by atoms with Gasteiger partial charge in [-0.05, 0) is 31.8 Å². The molecular formula is C10H20N2OS. The minimum atomic E-state index is -0.176. The molecule has 0 saturated carbocycles.